The normalized spacial score (nSPS) is 10.2. The van der Waals surface area contributed by atoms with Gasteiger partial charge in [-0.15, -0.1) is 11.8 Å². The van der Waals surface area contributed by atoms with Crippen LogP contribution in [0.25, 0.3) is 0 Å². The van der Waals surface area contributed by atoms with Gasteiger partial charge >= 0.3 is 0 Å². The average Bonchev–Trinajstić information content (AvgIpc) is 2.49. The first kappa shape index (κ1) is 17.0. The molecule has 6 heteroatoms. The second-order valence-electron chi connectivity index (χ2n) is 5.24. The second kappa shape index (κ2) is 7.75. The minimum absolute atomic E-state index is 0.100. The van der Waals surface area contributed by atoms with Gasteiger partial charge in [0, 0.05) is 24.1 Å². The number of anilines is 1. The van der Waals surface area contributed by atoms with Crippen LogP contribution in [-0.2, 0) is 4.79 Å². The van der Waals surface area contributed by atoms with Gasteiger partial charge in [-0.3, -0.25) is 4.79 Å². The zero-order valence-electron chi connectivity index (χ0n) is 13.4. The van der Waals surface area contributed by atoms with Crippen LogP contribution in [0.5, 0.6) is 0 Å². The van der Waals surface area contributed by atoms with Crippen molar-refractivity contribution in [3.05, 3.63) is 46.8 Å². The summed E-state index contributed by atoms with van der Waals surface area (Å²) in [6, 6.07) is 7.74. The molecule has 0 bridgehead atoms. The molecule has 0 aliphatic rings. The largest absolute Gasteiger partial charge is 0.311 e. The quantitative estimate of drug-likeness (QED) is 0.852. The first-order chi connectivity index (χ1) is 11.0. The summed E-state index contributed by atoms with van der Waals surface area (Å²) in [5, 5.41) is 12.7. The summed E-state index contributed by atoms with van der Waals surface area (Å²) in [6.07, 6.45) is 2.04. The number of nitrogens with zero attached hydrogens (tertiary/aromatic N) is 3. The summed E-state index contributed by atoms with van der Waals surface area (Å²) in [5.74, 6) is 1.01. The molecular weight excluding hydrogens is 308 g/mol. The number of hydrogen-bond acceptors (Lipinski definition) is 5. The SMILES string of the molecule is Cc1ccc(NC(=O)CCSc2nc(C)cc(C)c2C#N)nc1. The van der Waals surface area contributed by atoms with Crippen molar-refractivity contribution in [1.29, 1.82) is 5.26 Å². The maximum absolute atomic E-state index is 11.9. The molecule has 0 spiro atoms. The number of aryl methyl sites for hydroxylation is 3. The monoisotopic (exact) mass is 326 g/mol. The molecule has 2 rings (SSSR count). The molecule has 2 aromatic rings. The molecule has 0 aliphatic heterocycles. The van der Waals surface area contributed by atoms with Gasteiger partial charge in [-0.1, -0.05) is 6.07 Å². The Bertz CT molecular complexity index is 750. The van der Waals surface area contributed by atoms with E-state index in [1.165, 1.54) is 11.8 Å². The fourth-order valence-electron chi connectivity index (χ4n) is 2.03. The maximum Gasteiger partial charge on any atom is 0.226 e. The maximum atomic E-state index is 11.9. The van der Waals surface area contributed by atoms with Gasteiger partial charge in [0.1, 0.15) is 16.9 Å². The van der Waals surface area contributed by atoms with E-state index < -0.39 is 0 Å². The van der Waals surface area contributed by atoms with Crippen molar-refractivity contribution in [3.63, 3.8) is 0 Å². The van der Waals surface area contributed by atoms with Crippen LogP contribution in [0, 0.1) is 32.1 Å². The number of amides is 1. The summed E-state index contributed by atoms with van der Waals surface area (Å²) in [4.78, 5) is 20.5. The van der Waals surface area contributed by atoms with Crippen molar-refractivity contribution in [2.24, 2.45) is 0 Å². The van der Waals surface area contributed by atoms with Crippen LogP contribution in [0.3, 0.4) is 0 Å². The predicted octanol–water partition coefficient (Wildman–Crippen LogP) is 3.39. The molecule has 0 aliphatic carbocycles. The molecule has 0 radical (unpaired) electrons. The highest BCUT2D eigenvalue weighted by molar-refractivity contribution is 7.99. The van der Waals surface area contributed by atoms with Crippen molar-refractivity contribution >= 4 is 23.5 Å². The van der Waals surface area contributed by atoms with Crippen LogP contribution in [-0.4, -0.2) is 21.6 Å². The van der Waals surface area contributed by atoms with E-state index >= 15 is 0 Å². The molecule has 0 atom stereocenters. The Labute approximate surface area is 140 Å². The molecule has 2 heterocycles. The van der Waals surface area contributed by atoms with Crippen LogP contribution in [0.2, 0.25) is 0 Å². The van der Waals surface area contributed by atoms with Crippen molar-refractivity contribution in [2.75, 3.05) is 11.1 Å². The smallest absolute Gasteiger partial charge is 0.226 e. The van der Waals surface area contributed by atoms with Crippen LogP contribution in [0.1, 0.15) is 28.8 Å². The van der Waals surface area contributed by atoms with E-state index in [9.17, 15) is 10.1 Å². The molecule has 0 saturated heterocycles. The van der Waals surface area contributed by atoms with Gasteiger partial charge < -0.3 is 5.32 Å². The zero-order valence-corrected chi connectivity index (χ0v) is 14.2. The van der Waals surface area contributed by atoms with Crippen molar-refractivity contribution in [3.8, 4) is 6.07 Å². The molecule has 0 fully saturated rings. The highest BCUT2D eigenvalue weighted by Gasteiger charge is 2.10. The Balaban J connectivity index is 1.91. The van der Waals surface area contributed by atoms with E-state index in [1.54, 1.807) is 12.3 Å². The summed E-state index contributed by atoms with van der Waals surface area (Å²) >= 11 is 1.43. The minimum atomic E-state index is -0.100. The third kappa shape index (κ3) is 4.80. The van der Waals surface area contributed by atoms with Gasteiger partial charge in [0.2, 0.25) is 5.91 Å². The topological polar surface area (TPSA) is 78.7 Å². The molecule has 0 saturated carbocycles. The minimum Gasteiger partial charge on any atom is -0.311 e. The first-order valence-corrected chi connectivity index (χ1v) is 8.22. The fraction of sp³-hybridized carbons (Fsp3) is 0.294. The van der Waals surface area contributed by atoms with E-state index in [0.29, 0.717) is 28.6 Å². The Morgan fingerprint density at radius 1 is 1.35 bits per heavy atom. The van der Waals surface area contributed by atoms with Crippen molar-refractivity contribution in [2.45, 2.75) is 32.2 Å². The highest BCUT2D eigenvalue weighted by Crippen LogP contribution is 2.24. The summed E-state index contributed by atoms with van der Waals surface area (Å²) < 4.78 is 0. The molecule has 2 aromatic heterocycles. The molecule has 0 aromatic carbocycles. The van der Waals surface area contributed by atoms with E-state index in [0.717, 1.165) is 16.8 Å². The number of aromatic nitrogens is 2. The van der Waals surface area contributed by atoms with Gasteiger partial charge in [0.05, 0.1) is 5.56 Å². The lowest BCUT2D eigenvalue weighted by molar-refractivity contribution is -0.115. The third-order valence-electron chi connectivity index (χ3n) is 3.17. The highest BCUT2D eigenvalue weighted by atomic mass is 32.2. The second-order valence-corrected chi connectivity index (χ2v) is 6.32. The van der Waals surface area contributed by atoms with Gasteiger partial charge in [0.15, 0.2) is 0 Å². The van der Waals surface area contributed by atoms with Crippen molar-refractivity contribution < 1.29 is 4.79 Å². The molecule has 1 N–H and O–H groups in total. The molecule has 23 heavy (non-hydrogen) atoms. The van der Waals surface area contributed by atoms with Crippen LogP contribution in [0.4, 0.5) is 5.82 Å². The van der Waals surface area contributed by atoms with Crippen molar-refractivity contribution in [1.82, 2.24) is 9.97 Å². The van der Waals surface area contributed by atoms with E-state index in [4.69, 9.17) is 0 Å². The predicted molar refractivity (Wildman–Crippen MR) is 91.4 cm³/mol. The van der Waals surface area contributed by atoms with Crippen LogP contribution < -0.4 is 5.32 Å². The Morgan fingerprint density at radius 3 is 2.78 bits per heavy atom. The lowest BCUT2D eigenvalue weighted by Gasteiger charge is -2.07. The molecule has 1 amide bonds. The zero-order chi connectivity index (χ0) is 16.8. The first-order valence-electron chi connectivity index (χ1n) is 7.23. The number of carbonyl (C=O) groups excluding carboxylic acids is 1. The lowest BCUT2D eigenvalue weighted by Crippen LogP contribution is -2.13. The van der Waals surface area contributed by atoms with Crippen LogP contribution in [0.15, 0.2) is 29.4 Å². The summed E-state index contributed by atoms with van der Waals surface area (Å²) in [7, 11) is 0. The summed E-state index contributed by atoms with van der Waals surface area (Å²) in [6.45, 7) is 5.74. The number of pyridine rings is 2. The molecule has 118 valence electrons. The Morgan fingerprint density at radius 2 is 2.13 bits per heavy atom. The number of carbonyl (C=O) groups is 1. The number of thioether (sulfide) groups is 1. The van der Waals surface area contributed by atoms with Gasteiger partial charge in [-0.2, -0.15) is 5.26 Å². The van der Waals surface area contributed by atoms with Gasteiger partial charge in [0.25, 0.3) is 0 Å². The van der Waals surface area contributed by atoms with Gasteiger partial charge in [-0.05, 0) is 44.0 Å². The Hall–Kier alpha value is -2.39. The third-order valence-corrected chi connectivity index (χ3v) is 4.15. The average molecular weight is 326 g/mol. The number of hydrogen-bond donors (Lipinski definition) is 1. The van der Waals surface area contributed by atoms with E-state index in [2.05, 4.69) is 21.4 Å². The Kier molecular flexibility index (Phi) is 5.72. The van der Waals surface area contributed by atoms with E-state index in [1.807, 2.05) is 32.9 Å². The summed E-state index contributed by atoms with van der Waals surface area (Å²) in [5.41, 5.74) is 3.41. The number of nitrogens with one attached hydrogen (secondary N) is 1. The fourth-order valence-corrected chi connectivity index (χ4v) is 3.07. The molecule has 0 unspecified atom stereocenters. The molecular formula is C17H18N4OS. The molecule has 5 nitrogen and oxygen atoms in total. The van der Waals surface area contributed by atoms with Crippen LogP contribution >= 0.6 is 11.8 Å². The number of rotatable bonds is 5. The number of nitriles is 1. The van der Waals surface area contributed by atoms with Gasteiger partial charge in [-0.25, -0.2) is 9.97 Å². The standard InChI is InChI=1S/C17H18N4OS/c1-11-4-5-15(19-10-11)21-16(22)6-7-23-17-14(9-18)12(2)8-13(3)20-17/h4-5,8,10H,6-7H2,1-3H3,(H,19,21,22). The lowest BCUT2D eigenvalue weighted by atomic mass is 10.1. The van der Waals surface area contributed by atoms with E-state index in [-0.39, 0.29) is 5.91 Å².